The van der Waals surface area contributed by atoms with E-state index in [1.165, 1.54) is 12.8 Å². The van der Waals surface area contributed by atoms with Crippen molar-refractivity contribution in [2.24, 2.45) is 5.92 Å². The second kappa shape index (κ2) is 8.36. The number of amides is 2. The van der Waals surface area contributed by atoms with Crippen molar-refractivity contribution in [1.29, 1.82) is 0 Å². The number of hydrogen-bond acceptors (Lipinski definition) is 4. The van der Waals surface area contributed by atoms with Gasteiger partial charge in [-0.3, -0.25) is 0 Å². The summed E-state index contributed by atoms with van der Waals surface area (Å²) in [5.41, 5.74) is 2.76. The molecule has 29 heavy (non-hydrogen) atoms. The average molecular weight is 434 g/mol. The van der Waals surface area contributed by atoms with Crippen molar-refractivity contribution < 1.29 is 4.79 Å². The molecular formula is C21H25Cl2N5O. The zero-order valence-electron chi connectivity index (χ0n) is 16.7. The summed E-state index contributed by atoms with van der Waals surface area (Å²) in [7, 11) is 0. The van der Waals surface area contributed by atoms with Crippen LogP contribution in [-0.4, -0.2) is 40.5 Å². The van der Waals surface area contributed by atoms with Gasteiger partial charge < -0.3 is 15.1 Å². The van der Waals surface area contributed by atoms with Gasteiger partial charge in [0.15, 0.2) is 0 Å². The van der Waals surface area contributed by atoms with Crippen LogP contribution in [0.2, 0.25) is 10.0 Å². The molecule has 1 aromatic heterocycles. The van der Waals surface area contributed by atoms with Crippen molar-refractivity contribution in [3.8, 4) is 0 Å². The fourth-order valence-corrected chi connectivity index (χ4v) is 4.25. The van der Waals surface area contributed by atoms with Crippen LogP contribution in [0.4, 0.5) is 16.3 Å². The normalized spacial score (nSPS) is 17.2. The van der Waals surface area contributed by atoms with Crippen molar-refractivity contribution in [3.63, 3.8) is 0 Å². The molecule has 8 heteroatoms. The molecule has 0 aliphatic carbocycles. The Hall–Kier alpha value is -2.05. The first-order valence-electron chi connectivity index (χ1n) is 10.0. The van der Waals surface area contributed by atoms with E-state index in [4.69, 9.17) is 28.2 Å². The lowest BCUT2D eigenvalue weighted by molar-refractivity contribution is 0.206. The molecule has 2 aliphatic heterocycles. The van der Waals surface area contributed by atoms with E-state index in [2.05, 4.69) is 22.1 Å². The molecule has 2 aromatic rings. The number of carbonyl (C=O) groups is 1. The summed E-state index contributed by atoms with van der Waals surface area (Å²) in [4.78, 5) is 26.4. The highest BCUT2D eigenvalue weighted by Crippen LogP contribution is 2.30. The van der Waals surface area contributed by atoms with Gasteiger partial charge in [-0.15, -0.1) is 0 Å². The predicted molar refractivity (Wildman–Crippen MR) is 117 cm³/mol. The molecule has 0 atom stereocenters. The number of aryl methyl sites for hydroxylation is 1. The maximum absolute atomic E-state index is 12.9. The highest BCUT2D eigenvalue weighted by atomic mass is 35.5. The molecule has 6 nitrogen and oxygen atoms in total. The Balaban J connectivity index is 1.54. The van der Waals surface area contributed by atoms with Crippen LogP contribution in [-0.2, 0) is 13.0 Å². The minimum Gasteiger partial charge on any atom is -0.356 e. The van der Waals surface area contributed by atoms with Gasteiger partial charge in [-0.25, -0.2) is 14.8 Å². The van der Waals surface area contributed by atoms with Crippen LogP contribution >= 0.6 is 23.2 Å². The van der Waals surface area contributed by atoms with E-state index in [9.17, 15) is 4.79 Å². The minimum absolute atomic E-state index is 0.159. The van der Waals surface area contributed by atoms with Gasteiger partial charge in [0.1, 0.15) is 11.6 Å². The van der Waals surface area contributed by atoms with Gasteiger partial charge in [0, 0.05) is 37.3 Å². The maximum atomic E-state index is 12.9. The van der Waals surface area contributed by atoms with Gasteiger partial charge in [0.05, 0.1) is 22.3 Å². The first-order chi connectivity index (χ1) is 13.9. The van der Waals surface area contributed by atoms with Crippen LogP contribution in [0.3, 0.4) is 0 Å². The van der Waals surface area contributed by atoms with Gasteiger partial charge in [0.25, 0.3) is 0 Å². The van der Waals surface area contributed by atoms with E-state index in [0.717, 1.165) is 48.3 Å². The molecule has 1 aromatic carbocycles. The second-order valence-electron chi connectivity index (χ2n) is 7.92. The molecule has 2 amide bonds. The Labute approximate surface area is 181 Å². The molecule has 2 aliphatic rings. The van der Waals surface area contributed by atoms with Gasteiger partial charge in [-0.05, 0) is 43.9 Å². The molecule has 4 rings (SSSR count). The summed E-state index contributed by atoms with van der Waals surface area (Å²) in [5.74, 6) is 2.54. The summed E-state index contributed by atoms with van der Waals surface area (Å²) in [6, 6.07) is 4.92. The molecule has 0 bridgehead atoms. The number of urea groups is 1. The molecule has 1 saturated heterocycles. The van der Waals surface area contributed by atoms with E-state index >= 15 is 0 Å². The number of nitrogens with one attached hydrogen (secondary N) is 1. The number of carbonyl (C=O) groups excluding carboxylic acids is 1. The first kappa shape index (κ1) is 20.2. The molecule has 1 fully saturated rings. The number of benzene rings is 1. The van der Waals surface area contributed by atoms with Crippen molar-refractivity contribution in [2.75, 3.05) is 29.9 Å². The summed E-state index contributed by atoms with van der Waals surface area (Å²) in [6.45, 7) is 7.36. The lowest BCUT2D eigenvalue weighted by atomic mass is 9.98. The van der Waals surface area contributed by atoms with Crippen LogP contribution in [0.15, 0.2) is 18.2 Å². The van der Waals surface area contributed by atoms with Gasteiger partial charge in [-0.1, -0.05) is 30.1 Å². The molecule has 154 valence electrons. The third-order valence-electron chi connectivity index (χ3n) is 5.69. The van der Waals surface area contributed by atoms with E-state index < -0.39 is 0 Å². The van der Waals surface area contributed by atoms with Crippen LogP contribution < -0.4 is 10.2 Å². The molecule has 0 saturated carbocycles. The lowest BCUT2D eigenvalue weighted by Crippen LogP contribution is -2.41. The molecule has 0 unspecified atom stereocenters. The zero-order chi connectivity index (χ0) is 20.5. The summed E-state index contributed by atoms with van der Waals surface area (Å²) in [6.07, 6.45) is 3.06. The first-order valence-corrected chi connectivity index (χ1v) is 10.8. The maximum Gasteiger partial charge on any atom is 0.322 e. The van der Waals surface area contributed by atoms with Crippen LogP contribution in [0.1, 0.15) is 36.8 Å². The zero-order valence-corrected chi connectivity index (χ0v) is 18.2. The second-order valence-corrected chi connectivity index (χ2v) is 8.73. The standard InChI is InChI=1S/C21H25Cl2N5O/c1-13-5-8-27(9-6-13)20-16-12-28(10-7-19(16)24-14(2)25-20)21(29)26-15-3-4-17(22)18(23)11-15/h3-4,11,13H,5-10,12H2,1-2H3,(H,26,29). The summed E-state index contributed by atoms with van der Waals surface area (Å²) >= 11 is 12.0. The fourth-order valence-electron chi connectivity index (χ4n) is 3.95. The topological polar surface area (TPSA) is 61.4 Å². The van der Waals surface area contributed by atoms with Crippen molar-refractivity contribution in [3.05, 3.63) is 45.3 Å². The van der Waals surface area contributed by atoms with Crippen LogP contribution in [0.5, 0.6) is 0 Å². The average Bonchev–Trinajstić information content (AvgIpc) is 2.70. The van der Waals surface area contributed by atoms with E-state index in [0.29, 0.717) is 28.8 Å². The van der Waals surface area contributed by atoms with Crippen molar-refractivity contribution >= 4 is 40.7 Å². The van der Waals surface area contributed by atoms with E-state index in [-0.39, 0.29) is 6.03 Å². The Morgan fingerprint density at radius 3 is 2.62 bits per heavy atom. The van der Waals surface area contributed by atoms with E-state index in [1.807, 2.05) is 6.92 Å². The molecule has 0 radical (unpaired) electrons. The van der Waals surface area contributed by atoms with Crippen LogP contribution in [0, 0.1) is 12.8 Å². The number of piperidine rings is 1. The van der Waals surface area contributed by atoms with Gasteiger partial charge >= 0.3 is 6.03 Å². The largest absolute Gasteiger partial charge is 0.356 e. The Morgan fingerprint density at radius 1 is 1.14 bits per heavy atom. The summed E-state index contributed by atoms with van der Waals surface area (Å²) < 4.78 is 0. The van der Waals surface area contributed by atoms with Crippen molar-refractivity contribution in [1.82, 2.24) is 14.9 Å². The SMILES string of the molecule is Cc1nc2c(c(N3CCC(C)CC3)n1)CN(C(=O)Nc1ccc(Cl)c(Cl)c1)CC2. The monoisotopic (exact) mass is 433 g/mol. The lowest BCUT2D eigenvalue weighted by Gasteiger charge is -2.36. The number of aromatic nitrogens is 2. The highest BCUT2D eigenvalue weighted by molar-refractivity contribution is 6.42. The molecule has 3 heterocycles. The fraction of sp³-hybridized carbons (Fsp3) is 0.476. The number of nitrogens with zero attached hydrogens (tertiary/aromatic N) is 4. The van der Waals surface area contributed by atoms with Crippen molar-refractivity contribution in [2.45, 2.75) is 39.7 Å². The Bertz CT molecular complexity index is 928. The predicted octanol–water partition coefficient (Wildman–Crippen LogP) is 4.92. The van der Waals surface area contributed by atoms with Gasteiger partial charge in [-0.2, -0.15) is 0 Å². The Morgan fingerprint density at radius 2 is 1.90 bits per heavy atom. The quantitative estimate of drug-likeness (QED) is 0.729. The number of fused-ring (bicyclic) bond motifs is 1. The smallest absolute Gasteiger partial charge is 0.322 e. The Kier molecular flexibility index (Phi) is 5.83. The number of halogens is 2. The molecule has 1 N–H and O–H groups in total. The van der Waals surface area contributed by atoms with Crippen LogP contribution in [0.25, 0.3) is 0 Å². The van der Waals surface area contributed by atoms with E-state index in [1.54, 1.807) is 23.1 Å². The van der Waals surface area contributed by atoms with Gasteiger partial charge in [0.2, 0.25) is 0 Å². The number of anilines is 2. The third-order valence-corrected chi connectivity index (χ3v) is 6.43. The summed E-state index contributed by atoms with van der Waals surface area (Å²) in [5, 5.41) is 3.79. The highest BCUT2D eigenvalue weighted by Gasteiger charge is 2.28. The minimum atomic E-state index is -0.159. The number of rotatable bonds is 2. The third kappa shape index (κ3) is 4.43. The number of hydrogen-bond donors (Lipinski definition) is 1. The molecular weight excluding hydrogens is 409 g/mol. The molecule has 0 spiro atoms.